The third-order valence-corrected chi connectivity index (χ3v) is 1.33. The third-order valence-electron chi connectivity index (χ3n) is 1.33. The third kappa shape index (κ3) is 60.5. The molecule has 23 heavy (non-hydrogen) atoms. The Bertz CT molecular complexity index is 435. The Balaban J connectivity index is -0.000000109. The van der Waals surface area contributed by atoms with E-state index in [0.717, 1.165) is 0 Å². The Morgan fingerprint density at radius 2 is 0.478 bits per heavy atom. The van der Waals surface area contributed by atoms with Crippen molar-refractivity contribution in [3.05, 3.63) is 72.8 Å². The van der Waals surface area contributed by atoms with Crippen LogP contribution >= 0.6 is 13.4 Å². The van der Waals surface area contributed by atoms with E-state index in [-0.39, 0.29) is 31.0 Å². The van der Waals surface area contributed by atoms with Gasteiger partial charge in [0.05, 0.1) is 0 Å². The topological polar surface area (TPSA) is 121 Å². The Kier molecular flexibility index (Phi) is 21.3. The van der Waals surface area contributed by atoms with Crippen molar-refractivity contribution >= 4 is 37.1 Å². The van der Waals surface area contributed by atoms with Crippen LogP contribution in [0.3, 0.4) is 0 Å². The average Bonchev–Trinajstić information content (AvgIpc) is 2.40. The fraction of sp³-hybridized carbons (Fsp3) is 0. The molecule has 0 saturated carbocycles. The maximum atomic E-state index is 7.56. The van der Waals surface area contributed by atoms with Gasteiger partial charge >= 0.3 is 43.0 Å². The van der Waals surface area contributed by atoms with Gasteiger partial charge in [-0.25, -0.2) is 0 Å². The minimum atomic E-state index is -3.81. The van der Waals surface area contributed by atoms with Crippen molar-refractivity contribution < 1.29 is 60.3 Å². The Hall–Kier alpha value is 0.500. The molecule has 0 heterocycles. The van der Waals surface area contributed by atoms with E-state index in [9.17, 15) is 0 Å². The van der Waals surface area contributed by atoms with Crippen molar-refractivity contribution in [2.45, 2.75) is 0 Å². The Morgan fingerprint density at radius 1 is 0.435 bits per heavy atom. The van der Waals surface area contributed by atoms with Gasteiger partial charge in [0, 0.05) is 0 Å². The zero-order valence-electron chi connectivity index (χ0n) is 13.3. The van der Waals surface area contributed by atoms with E-state index in [2.05, 4.69) is 23.6 Å². The van der Waals surface area contributed by atoms with Gasteiger partial charge in [-0.3, -0.25) is 0 Å². The first-order chi connectivity index (χ1) is 10.0. The molecule has 0 aliphatic heterocycles. The SMILES string of the molecule is OP(O)(O)=S.OP(O)(O)=S.[H-].[Na+].c1ccccc1.c1ccccc1. The summed E-state index contributed by atoms with van der Waals surface area (Å²) < 4.78 is 0. The summed E-state index contributed by atoms with van der Waals surface area (Å²) in [7, 11) is 0. The molecule has 0 atom stereocenters. The molecule has 6 N–H and O–H groups in total. The molecular formula is C12H19NaO6P2S2. The molecule has 0 saturated heterocycles. The monoisotopic (exact) mass is 408 g/mol. The van der Waals surface area contributed by atoms with Crippen LogP contribution in [0.2, 0.25) is 0 Å². The second-order valence-electron chi connectivity index (χ2n) is 3.34. The molecule has 0 aliphatic carbocycles. The van der Waals surface area contributed by atoms with Gasteiger partial charge in [0.2, 0.25) is 0 Å². The molecule has 2 aromatic rings. The number of hydrogen-bond donors (Lipinski definition) is 6. The summed E-state index contributed by atoms with van der Waals surface area (Å²) in [5.41, 5.74) is 0. The van der Waals surface area contributed by atoms with Gasteiger partial charge in [0.1, 0.15) is 0 Å². The first-order valence-electron chi connectivity index (χ1n) is 5.57. The molecule has 0 aromatic heterocycles. The number of benzene rings is 2. The Morgan fingerprint density at radius 3 is 0.522 bits per heavy atom. The maximum Gasteiger partial charge on any atom is 1.00 e. The molecule has 6 nitrogen and oxygen atoms in total. The summed E-state index contributed by atoms with van der Waals surface area (Å²) in [6.45, 7) is -7.61. The minimum Gasteiger partial charge on any atom is -1.00 e. The van der Waals surface area contributed by atoms with Crippen molar-refractivity contribution in [3.8, 4) is 0 Å². The van der Waals surface area contributed by atoms with E-state index in [0.29, 0.717) is 0 Å². The molecule has 0 spiro atoms. The van der Waals surface area contributed by atoms with E-state index >= 15 is 0 Å². The summed E-state index contributed by atoms with van der Waals surface area (Å²) >= 11 is 7.21. The molecule has 126 valence electrons. The van der Waals surface area contributed by atoms with Crippen LogP contribution in [0, 0.1) is 0 Å². The van der Waals surface area contributed by atoms with E-state index in [1.54, 1.807) is 0 Å². The molecule has 0 fully saturated rings. The van der Waals surface area contributed by atoms with Gasteiger partial charge in [0.15, 0.2) is 0 Å². The van der Waals surface area contributed by atoms with Crippen molar-refractivity contribution in [1.82, 2.24) is 0 Å². The normalized spacial score (nSPS) is 9.30. The number of rotatable bonds is 0. The zero-order chi connectivity index (χ0) is 17.5. The summed E-state index contributed by atoms with van der Waals surface area (Å²) in [6, 6.07) is 24.0. The summed E-state index contributed by atoms with van der Waals surface area (Å²) in [5, 5.41) is 0. The van der Waals surface area contributed by atoms with Gasteiger partial charge in [0.25, 0.3) is 0 Å². The van der Waals surface area contributed by atoms with Gasteiger partial charge in [-0.15, -0.1) is 0 Å². The molecule has 0 aliphatic rings. The van der Waals surface area contributed by atoms with Crippen LogP contribution in [-0.4, -0.2) is 29.4 Å². The van der Waals surface area contributed by atoms with Gasteiger partial charge in [-0.05, 0) is 23.6 Å². The predicted molar refractivity (Wildman–Crippen MR) is 95.9 cm³/mol. The molecule has 2 rings (SSSR count). The minimum absolute atomic E-state index is 0. The van der Waals surface area contributed by atoms with Gasteiger partial charge in [-0.1, -0.05) is 72.8 Å². The van der Waals surface area contributed by atoms with Crippen molar-refractivity contribution in [3.63, 3.8) is 0 Å². The van der Waals surface area contributed by atoms with Crippen LogP contribution in [0.4, 0.5) is 0 Å². The second kappa shape index (κ2) is 17.3. The summed E-state index contributed by atoms with van der Waals surface area (Å²) in [6.07, 6.45) is 0. The largest absolute Gasteiger partial charge is 1.00 e. The van der Waals surface area contributed by atoms with E-state index < -0.39 is 13.4 Å². The smallest absolute Gasteiger partial charge is 1.00 e. The molecule has 11 heteroatoms. The van der Waals surface area contributed by atoms with E-state index in [1.165, 1.54) is 0 Å². The van der Waals surface area contributed by atoms with E-state index in [1.807, 2.05) is 72.8 Å². The maximum absolute atomic E-state index is 7.56. The molecule has 2 aromatic carbocycles. The second-order valence-corrected chi connectivity index (χ2v) is 8.33. The van der Waals surface area contributed by atoms with Gasteiger partial charge in [-0.2, -0.15) is 0 Å². The van der Waals surface area contributed by atoms with Crippen LogP contribution in [0.25, 0.3) is 0 Å². The van der Waals surface area contributed by atoms with Crippen LogP contribution in [0.5, 0.6) is 0 Å². The molecule has 0 bridgehead atoms. The van der Waals surface area contributed by atoms with Crippen LogP contribution in [-0.2, 0) is 23.6 Å². The molecule has 0 radical (unpaired) electrons. The van der Waals surface area contributed by atoms with Crippen LogP contribution in [0.15, 0.2) is 72.8 Å². The number of hydrogen-bond acceptors (Lipinski definition) is 2. The van der Waals surface area contributed by atoms with Crippen LogP contribution < -0.4 is 29.6 Å². The first kappa shape index (κ1) is 28.3. The Labute approximate surface area is 169 Å². The summed E-state index contributed by atoms with van der Waals surface area (Å²) in [5.74, 6) is 0. The first-order valence-corrected chi connectivity index (χ1v) is 10.9. The molecule has 0 amide bonds. The average molecular weight is 408 g/mol. The molecular weight excluding hydrogens is 389 g/mol. The van der Waals surface area contributed by atoms with Crippen molar-refractivity contribution in [1.29, 1.82) is 0 Å². The standard InChI is InChI=1S/2C6H6.Na.2H3O3PS.H/c2*1-2-4-6-5-3-1;;2*1-4(2,3)5;/h2*1-6H;;2*(H3,1,2,3,5);/q;;+1;;;-1. The van der Waals surface area contributed by atoms with Crippen molar-refractivity contribution in [2.75, 3.05) is 0 Å². The van der Waals surface area contributed by atoms with Crippen molar-refractivity contribution in [2.24, 2.45) is 0 Å². The zero-order valence-corrected chi connectivity index (χ0v) is 17.7. The van der Waals surface area contributed by atoms with E-state index in [4.69, 9.17) is 29.4 Å². The fourth-order valence-corrected chi connectivity index (χ4v) is 0.770. The van der Waals surface area contributed by atoms with Crippen LogP contribution in [0.1, 0.15) is 1.43 Å². The fourth-order valence-electron chi connectivity index (χ4n) is 0.770. The summed E-state index contributed by atoms with van der Waals surface area (Å²) in [4.78, 5) is 45.3. The molecule has 0 unspecified atom stereocenters. The van der Waals surface area contributed by atoms with Gasteiger partial charge < -0.3 is 30.8 Å². The quantitative estimate of drug-likeness (QED) is 0.239. The predicted octanol–water partition coefficient (Wildman–Crippen LogP) is -1.13.